The van der Waals surface area contributed by atoms with Crippen molar-refractivity contribution in [2.75, 3.05) is 13.7 Å². The summed E-state index contributed by atoms with van der Waals surface area (Å²) in [4.78, 5) is 0. The number of rotatable bonds is 5. The zero-order chi connectivity index (χ0) is 13.8. The third kappa shape index (κ3) is 3.42. The first kappa shape index (κ1) is 14.7. The molecule has 0 aromatic heterocycles. The first-order chi connectivity index (χ1) is 9.15. The summed E-state index contributed by atoms with van der Waals surface area (Å²) in [5.41, 5.74) is 6.90. The molecule has 0 amide bonds. The molecule has 2 N–H and O–H groups in total. The maximum absolute atomic E-state index is 6.09. The van der Waals surface area contributed by atoms with Gasteiger partial charge in [-0.1, -0.05) is 6.92 Å². The predicted octanol–water partition coefficient (Wildman–Crippen LogP) is 3.84. The second-order valence-electron chi connectivity index (χ2n) is 5.20. The van der Waals surface area contributed by atoms with Crippen molar-refractivity contribution in [1.82, 2.24) is 0 Å². The Balaban J connectivity index is 2.26. The van der Waals surface area contributed by atoms with Crippen LogP contribution in [0.1, 0.15) is 44.1 Å². The van der Waals surface area contributed by atoms with Crippen molar-refractivity contribution in [1.29, 1.82) is 0 Å². The highest BCUT2D eigenvalue weighted by Crippen LogP contribution is 2.40. The zero-order valence-corrected chi connectivity index (χ0v) is 13.2. The molecule has 0 aliphatic heterocycles. The van der Waals surface area contributed by atoms with E-state index in [4.69, 9.17) is 15.2 Å². The minimum absolute atomic E-state index is 0.311. The summed E-state index contributed by atoms with van der Waals surface area (Å²) in [5.74, 6) is 1.92. The molecule has 1 aliphatic rings. The van der Waals surface area contributed by atoms with Gasteiger partial charge in [-0.3, -0.25) is 0 Å². The monoisotopic (exact) mass is 327 g/mol. The van der Waals surface area contributed by atoms with E-state index in [1.165, 1.54) is 18.4 Å². The van der Waals surface area contributed by atoms with E-state index in [2.05, 4.69) is 28.9 Å². The van der Waals surface area contributed by atoms with Crippen LogP contribution < -0.4 is 15.2 Å². The number of nitrogens with two attached hydrogens (primary N) is 1. The Morgan fingerprint density at radius 3 is 2.63 bits per heavy atom. The highest BCUT2D eigenvalue weighted by Gasteiger charge is 2.21. The van der Waals surface area contributed by atoms with Crippen LogP contribution in [0.5, 0.6) is 11.5 Å². The zero-order valence-electron chi connectivity index (χ0n) is 11.6. The van der Waals surface area contributed by atoms with Crippen molar-refractivity contribution in [2.24, 2.45) is 5.73 Å². The lowest BCUT2D eigenvalue weighted by Crippen LogP contribution is -2.13. The topological polar surface area (TPSA) is 44.5 Å². The van der Waals surface area contributed by atoms with Crippen molar-refractivity contribution in [2.45, 2.75) is 44.6 Å². The van der Waals surface area contributed by atoms with Gasteiger partial charge in [-0.2, -0.15) is 0 Å². The van der Waals surface area contributed by atoms with Gasteiger partial charge in [-0.05, 0) is 71.8 Å². The van der Waals surface area contributed by atoms with Crippen molar-refractivity contribution in [3.63, 3.8) is 0 Å². The lowest BCUT2D eigenvalue weighted by atomic mass is 10.0. The molecule has 0 spiro atoms. The van der Waals surface area contributed by atoms with Crippen LogP contribution in [0.4, 0.5) is 0 Å². The molecule has 1 aliphatic carbocycles. The van der Waals surface area contributed by atoms with E-state index in [9.17, 15) is 0 Å². The van der Waals surface area contributed by atoms with Crippen LogP contribution in [0.2, 0.25) is 0 Å². The second kappa shape index (κ2) is 6.62. The summed E-state index contributed by atoms with van der Waals surface area (Å²) in [6.45, 7) is 2.73. The molecular weight excluding hydrogens is 306 g/mol. The Labute approximate surface area is 123 Å². The van der Waals surface area contributed by atoms with Gasteiger partial charge in [0.2, 0.25) is 0 Å². The Morgan fingerprint density at radius 1 is 1.37 bits per heavy atom. The van der Waals surface area contributed by atoms with Gasteiger partial charge >= 0.3 is 0 Å². The van der Waals surface area contributed by atoms with E-state index in [1.807, 2.05) is 6.07 Å². The highest BCUT2D eigenvalue weighted by atomic mass is 79.9. The number of ether oxygens (including phenoxy) is 2. The van der Waals surface area contributed by atoms with Crippen molar-refractivity contribution in [3.05, 3.63) is 22.2 Å². The van der Waals surface area contributed by atoms with E-state index in [0.29, 0.717) is 18.6 Å². The maximum Gasteiger partial charge on any atom is 0.175 e. The molecule has 0 radical (unpaired) electrons. The maximum atomic E-state index is 6.09. The van der Waals surface area contributed by atoms with E-state index in [0.717, 1.165) is 28.8 Å². The summed E-state index contributed by atoms with van der Waals surface area (Å²) >= 11 is 3.60. The Bertz CT molecular complexity index is 430. The number of halogens is 1. The third-order valence-electron chi connectivity index (χ3n) is 3.76. The third-order valence-corrected chi connectivity index (χ3v) is 4.35. The second-order valence-corrected chi connectivity index (χ2v) is 6.05. The van der Waals surface area contributed by atoms with Crippen LogP contribution in [0.25, 0.3) is 0 Å². The van der Waals surface area contributed by atoms with Gasteiger partial charge in [0.1, 0.15) is 0 Å². The predicted molar refractivity (Wildman–Crippen MR) is 81.0 cm³/mol. The molecule has 1 fully saturated rings. The van der Waals surface area contributed by atoms with Gasteiger partial charge in [0.15, 0.2) is 11.5 Å². The largest absolute Gasteiger partial charge is 0.493 e. The highest BCUT2D eigenvalue weighted by molar-refractivity contribution is 9.10. The van der Waals surface area contributed by atoms with Crippen LogP contribution in [-0.4, -0.2) is 19.8 Å². The fourth-order valence-electron chi connectivity index (χ4n) is 2.45. The molecule has 1 unspecified atom stereocenters. The fraction of sp³-hybridized carbons (Fsp3) is 0.600. The first-order valence-corrected chi connectivity index (χ1v) is 7.69. The molecule has 3 nitrogen and oxygen atoms in total. The molecule has 1 aromatic rings. The fourth-order valence-corrected chi connectivity index (χ4v) is 3.00. The lowest BCUT2D eigenvalue weighted by molar-refractivity contribution is 0.199. The normalized spacial score (nSPS) is 17.5. The lowest BCUT2D eigenvalue weighted by Gasteiger charge is -2.19. The van der Waals surface area contributed by atoms with Crippen molar-refractivity contribution < 1.29 is 9.47 Å². The molecule has 1 aromatic carbocycles. The van der Waals surface area contributed by atoms with Crippen LogP contribution in [0, 0.1) is 0 Å². The van der Waals surface area contributed by atoms with Crippen LogP contribution in [0.15, 0.2) is 16.6 Å². The molecule has 0 heterocycles. The summed E-state index contributed by atoms with van der Waals surface area (Å²) in [6, 6.07) is 4.12. The van der Waals surface area contributed by atoms with E-state index < -0.39 is 0 Å². The van der Waals surface area contributed by atoms with Gasteiger partial charge in [-0.25, -0.2) is 0 Å². The summed E-state index contributed by atoms with van der Waals surface area (Å²) in [6.07, 6.45) is 5.11. The molecule has 1 atom stereocenters. The van der Waals surface area contributed by atoms with Crippen LogP contribution in [-0.2, 0) is 0 Å². The number of hydrogen-bond acceptors (Lipinski definition) is 3. The Morgan fingerprint density at radius 2 is 2.05 bits per heavy atom. The molecule has 106 valence electrons. The summed E-state index contributed by atoms with van der Waals surface area (Å²) in [7, 11) is 1.68. The van der Waals surface area contributed by atoms with Gasteiger partial charge in [0.25, 0.3) is 0 Å². The first-order valence-electron chi connectivity index (χ1n) is 6.89. The number of benzene rings is 1. The van der Waals surface area contributed by atoms with Crippen LogP contribution >= 0.6 is 15.9 Å². The van der Waals surface area contributed by atoms with Gasteiger partial charge < -0.3 is 15.2 Å². The SMILES string of the molecule is COc1cc(C(C)CN)cc(Br)c1OC1CCCC1. The molecule has 0 saturated heterocycles. The summed E-state index contributed by atoms with van der Waals surface area (Å²) < 4.78 is 12.5. The Hall–Kier alpha value is -0.740. The number of methoxy groups -OCH3 is 1. The average Bonchev–Trinajstić information content (AvgIpc) is 2.92. The molecule has 1 saturated carbocycles. The van der Waals surface area contributed by atoms with Gasteiger partial charge in [-0.15, -0.1) is 0 Å². The minimum Gasteiger partial charge on any atom is -0.493 e. The minimum atomic E-state index is 0.311. The van der Waals surface area contributed by atoms with Crippen molar-refractivity contribution >= 4 is 15.9 Å². The molecular formula is C15H22BrNO2. The summed E-state index contributed by atoms with van der Waals surface area (Å²) in [5, 5.41) is 0. The standard InChI is InChI=1S/C15H22BrNO2/c1-10(9-17)11-7-13(16)15(14(8-11)18-2)19-12-5-3-4-6-12/h7-8,10,12H,3-6,9,17H2,1-2H3. The van der Waals surface area contributed by atoms with Gasteiger partial charge in [0, 0.05) is 0 Å². The molecule has 2 rings (SSSR count). The molecule has 0 bridgehead atoms. The van der Waals surface area contributed by atoms with Gasteiger partial charge in [0.05, 0.1) is 17.7 Å². The van der Waals surface area contributed by atoms with Crippen molar-refractivity contribution in [3.8, 4) is 11.5 Å². The van der Waals surface area contributed by atoms with Crippen LogP contribution in [0.3, 0.4) is 0 Å². The van der Waals surface area contributed by atoms with E-state index in [-0.39, 0.29) is 0 Å². The average molecular weight is 328 g/mol. The quantitative estimate of drug-likeness (QED) is 0.893. The molecule has 4 heteroatoms. The Kier molecular flexibility index (Phi) is 5.11. The molecule has 19 heavy (non-hydrogen) atoms. The van der Waals surface area contributed by atoms with E-state index >= 15 is 0 Å². The van der Waals surface area contributed by atoms with E-state index in [1.54, 1.807) is 7.11 Å². The smallest absolute Gasteiger partial charge is 0.175 e. The number of hydrogen-bond donors (Lipinski definition) is 1.